The monoisotopic (exact) mass is 135 g/mol. The van der Waals surface area contributed by atoms with Crippen LogP contribution in [-0.4, -0.2) is 10.1 Å². The Labute approximate surface area is 59.9 Å². The van der Waals surface area contributed by atoms with Crippen molar-refractivity contribution in [3.05, 3.63) is 36.2 Å². The van der Waals surface area contributed by atoms with Gasteiger partial charge in [0.05, 0.1) is 0 Å². The zero-order chi connectivity index (χ0) is 7.56. The summed E-state index contributed by atoms with van der Waals surface area (Å²) in [5.74, 6) is 0.0659. The zero-order valence-electron chi connectivity index (χ0n) is 5.83. The molecule has 2 nitrogen and oxygen atoms in total. The van der Waals surface area contributed by atoms with Crippen molar-refractivity contribution in [1.82, 2.24) is 4.98 Å². The number of aromatic nitrogens is 1. The van der Waals surface area contributed by atoms with Gasteiger partial charge < -0.3 is 5.11 Å². The predicted octanol–water partition coefficient (Wildman–Crippen LogP) is 1.92. The summed E-state index contributed by atoms with van der Waals surface area (Å²) >= 11 is 0. The lowest BCUT2D eigenvalue weighted by molar-refractivity contribution is 0.513. The van der Waals surface area contributed by atoms with Gasteiger partial charge in [-0.05, 0) is 18.6 Å². The van der Waals surface area contributed by atoms with E-state index in [0.29, 0.717) is 5.56 Å². The molecule has 0 aliphatic rings. The van der Waals surface area contributed by atoms with Gasteiger partial charge in [-0.3, -0.25) is 4.98 Å². The zero-order valence-corrected chi connectivity index (χ0v) is 5.83. The molecular formula is C8H9NO. The van der Waals surface area contributed by atoms with E-state index in [2.05, 4.69) is 11.6 Å². The van der Waals surface area contributed by atoms with Crippen LogP contribution in [0.15, 0.2) is 25.0 Å². The van der Waals surface area contributed by atoms with Gasteiger partial charge in [-0.25, -0.2) is 0 Å². The molecule has 0 spiro atoms. The van der Waals surface area contributed by atoms with Crippen molar-refractivity contribution in [2.75, 3.05) is 0 Å². The van der Waals surface area contributed by atoms with Crippen molar-refractivity contribution in [2.24, 2.45) is 0 Å². The van der Waals surface area contributed by atoms with Gasteiger partial charge in [0.1, 0.15) is 5.76 Å². The summed E-state index contributed by atoms with van der Waals surface area (Å²) < 4.78 is 0. The summed E-state index contributed by atoms with van der Waals surface area (Å²) in [5.41, 5.74) is 1.70. The van der Waals surface area contributed by atoms with Crippen LogP contribution in [0.5, 0.6) is 0 Å². The summed E-state index contributed by atoms with van der Waals surface area (Å²) in [6.07, 6.45) is 3.31. The van der Waals surface area contributed by atoms with Gasteiger partial charge in [0.15, 0.2) is 0 Å². The van der Waals surface area contributed by atoms with Crippen molar-refractivity contribution >= 4 is 5.76 Å². The molecule has 0 unspecified atom stereocenters. The second-order valence-electron chi connectivity index (χ2n) is 2.20. The molecule has 0 aromatic carbocycles. The largest absolute Gasteiger partial charge is 0.508 e. The number of hydrogen-bond acceptors (Lipinski definition) is 2. The Kier molecular flexibility index (Phi) is 1.71. The number of aliphatic hydroxyl groups excluding tert-OH is 1. The molecule has 1 heterocycles. The number of hydrogen-bond donors (Lipinski definition) is 1. The van der Waals surface area contributed by atoms with Gasteiger partial charge in [-0.1, -0.05) is 6.58 Å². The molecule has 52 valence electrons. The smallest absolute Gasteiger partial charge is 0.117 e. The molecule has 1 rings (SSSR count). The Morgan fingerprint density at radius 2 is 2.30 bits per heavy atom. The topological polar surface area (TPSA) is 33.1 Å². The summed E-state index contributed by atoms with van der Waals surface area (Å²) in [5, 5.41) is 8.91. The first-order valence-electron chi connectivity index (χ1n) is 3.00. The first-order valence-corrected chi connectivity index (χ1v) is 3.00. The Balaban J connectivity index is 3.07. The molecule has 0 saturated heterocycles. The first-order chi connectivity index (χ1) is 4.70. The molecule has 1 aromatic heterocycles. The van der Waals surface area contributed by atoms with Gasteiger partial charge in [-0.2, -0.15) is 0 Å². The second-order valence-corrected chi connectivity index (χ2v) is 2.20. The minimum absolute atomic E-state index is 0.0659. The van der Waals surface area contributed by atoms with Crippen LogP contribution in [-0.2, 0) is 0 Å². The summed E-state index contributed by atoms with van der Waals surface area (Å²) in [4.78, 5) is 3.88. The van der Waals surface area contributed by atoms with Crippen LogP contribution in [0.1, 0.15) is 11.1 Å². The molecule has 0 aliphatic heterocycles. The Morgan fingerprint density at radius 1 is 1.60 bits per heavy atom. The normalized spacial score (nSPS) is 9.30. The molecule has 0 aliphatic carbocycles. The summed E-state index contributed by atoms with van der Waals surface area (Å²) in [6, 6.07) is 1.83. The molecule has 0 atom stereocenters. The fourth-order valence-corrected chi connectivity index (χ4v) is 0.713. The van der Waals surface area contributed by atoms with Crippen molar-refractivity contribution < 1.29 is 5.11 Å². The quantitative estimate of drug-likeness (QED) is 0.597. The van der Waals surface area contributed by atoms with Crippen molar-refractivity contribution in [3.8, 4) is 0 Å². The van der Waals surface area contributed by atoms with Crippen LogP contribution in [0.2, 0.25) is 0 Å². The molecule has 2 heteroatoms. The molecule has 0 saturated carbocycles. The van der Waals surface area contributed by atoms with Crippen molar-refractivity contribution in [1.29, 1.82) is 0 Å². The predicted molar refractivity (Wildman–Crippen MR) is 40.6 cm³/mol. The van der Waals surface area contributed by atoms with E-state index in [1.165, 1.54) is 0 Å². The standard InChI is InChI=1S/C8H9NO/c1-6-3-8(7(2)10)5-9-4-6/h3-5,10H,2H2,1H3. The number of aryl methyl sites for hydroxylation is 1. The van der Waals surface area contributed by atoms with Crippen molar-refractivity contribution in [2.45, 2.75) is 6.92 Å². The van der Waals surface area contributed by atoms with E-state index in [4.69, 9.17) is 5.11 Å². The molecule has 0 radical (unpaired) electrons. The molecule has 10 heavy (non-hydrogen) atoms. The van der Waals surface area contributed by atoms with Gasteiger partial charge in [0.25, 0.3) is 0 Å². The van der Waals surface area contributed by atoms with Crippen LogP contribution in [0.25, 0.3) is 5.76 Å². The van der Waals surface area contributed by atoms with E-state index in [1.54, 1.807) is 12.4 Å². The van der Waals surface area contributed by atoms with Crippen LogP contribution in [0, 0.1) is 6.92 Å². The molecule has 1 N–H and O–H groups in total. The lowest BCUT2D eigenvalue weighted by Crippen LogP contribution is -1.83. The van der Waals surface area contributed by atoms with Crippen LogP contribution < -0.4 is 0 Å². The minimum Gasteiger partial charge on any atom is -0.508 e. The average molecular weight is 135 g/mol. The van der Waals surface area contributed by atoms with Crippen LogP contribution in [0.3, 0.4) is 0 Å². The lowest BCUT2D eigenvalue weighted by atomic mass is 10.2. The molecule has 0 bridgehead atoms. The van der Waals surface area contributed by atoms with Gasteiger partial charge in [0.2, 0.25) is 0 Å². The Bertz CT molecular complexity index is 255. The van der Waals surface area contributed by atoms with E-state index in [-0.39, 0.29) is 5.76 Å². The van der Waals surface area contributed by atoms with E-state index in [0.717, 1.165) is 5.56 Å². The van der Waals surface area contributed by atoms with E-state index < -0.39 is 0 Å². The Hall–Kier alpha value is -1.31. The molecule has 0 fully saturated rings. The average Bonchev–Trinajstić information content (AvgIpc) is 1.88. The van der Waals surface area contributed by atoms with Gasteiger partial charge >= 0.3 is 0 Å². The number of pyridine rings is 1. The summed E-state index contributed by atoms with van der Waals surface area (Å²) in [6.45, 7) is 5.30. The maximum Gasteiger partial charge on any atom is 0.117 e. The molecule has 1 aromatic rings. The Morgan fingerprint density at radius 3 is 2.70 bits per heavy atom. The second kappa shape index (κ2) is 2.52. The number of nitrogens with zero attached hydrogens (tertiary/aromatic N) is 1. The van der Waals surface area contributed by atoms with Gasteiger partial charge in [-0.15, -0.1) is 0 Å². The maximum absolute atomic E-state index is 8.91. The third kappa shape index (κ3) is 1.35. The highest BCUT2D eigenvalue weighted by Crippen LogP contribution is 2.07. The fraction of sp³-hybridized carbons (Fsp3) is 0.125. The highest BCUT2D eigenvalue weighted by molar-refractivity contribution is 5.55. The third-order valence-corrected chi connectivity index (χ3v) is 1.21. The van der Waals surface area contributed by atoms with E-state index >= 15 is 0 Å². The van der Waals surface area contributed by atoms with Crippen LogP contribution >= 0.6 is 0 Å². The highest BCUT2D eigenvalue weighted by atomic mass is 16.3. The number of rotatable bonds is 1. The molecular weight excluding hydrogens is 126 g/mol. The summed E-state index contributed by atoms with van der Waals surface area (Å²) in [7, 11) is 0. The SMILES string of the molecule is C=C(O)c1cncc(C)c1. The fourth-order valence-electron chi connectivity index (χ4n) is 0.713. The lowest BCUT2D eigenvalue weighted by Gasteiger charge is -1.96. The van der Waals surface area contributed by atoms with Crippen molar-refractivity contribution in [3.63, 3.8) is 0 Å². The van der Waals surface area contributed by atoms with E-state index in [1.807, 2.05) is 13.0 Å². The number of aliphatic hydroxyl groups is 1. The van der Waals surface area contributed by atoms with Crippen LogP contribution in [0.4, 0.5) is 0 Å². The molecule has 0 amide bonds. The van der Waals surface area contributed by atoms with Gasteiger partial charge in [0, 0.05) is 18.0 Å². The highest BCUT2D eigenvalue weighted by Gasteiger charge is 1.94. The maximum atomic E-state index is 8.91. The third-order valence-electron chi connectivity index (χ3n) is 1.21. The first kappa shape index (κ1) is 6.81. The minimum atomic E-state index is 0.0659. The van der Waals surface area contributed by atoms with E-state index in [9.17, 15) is 0 Å².